The highest BCUT2D eigenvalue weighted by atomic mass is 16.2. The first-order chi connectivity index (χ1) is 12.6. The van der Waals surface area contributed by atoms with Crippen LogP contribution in [0.1, 0.15) is 42.2 Å². The lowest BCUT2D eigenvalue weighted by atomic mass is 10.0. The number of carbonyl (C=O) groups is 2. The molecule has 2 aromatic rings. The van der Waals surface area contributed by atoms with Crippen LogP contribution in [-0.4, -0.2) is 17.9 Å². The van der Waals surface area contributed by atoms with Gasteiger partial charge in [-0.15, -0.1) is 0 Å². The second-order valence-electron chi connectivity index (χ2n) is 6.30. The van der Waals surface area contributed by atoms with E-state index in [0.717, 1.165) is 11.1 Å². The Kier molecular flexibility index (Phi) is 5.30. The maximum absolute atomic E-state index is 12.6. The van der Waals surface area contributed by atoms with E-state index in [1.807, 2.05) is 49.4 Å². The van der Waals surface area contributed by atoms with Crippen molar-refractivity contribution in [3.05, 3.63) is 71.3 Å². The van der Waals surface area contributed by atoms with E-state index in [4.69, 9.17) is 5.26 Å². The van der Waals surface area contributed by atoms with E-state index in [2.05, 4.69) is 22.0 Å². The molecule has 3 N–H and O–H groups in total. The van der Waals surface area contributed by atoms with E-state index in [0.29, 0.717) is 5.56 Å². The summed E-state index contributed by atoms with van der Waals surface area (Å²) < 4.78 is 0. The number of benzene rings is 2. The molecule has 26 heavy (non-hydrogen) atoms. The highest BCUT2D eigenvalue weighted by Crippen LogP contribution is 2.17. The second-order valence-corrected chi connectivity index (χ2v) is 6.30. The van der Waals surface area contributed by atoms with Crippen LogP contribution in [0, 0.1) is 11.3 Å². The van der Waals surface area contributed by atoms with Crippen molar-refractivity contribution in [3.8, 4) is 6.07 Å². The Bertz CT molecular complexity index is 827. The number of carbonyl (C=O) groups excluding carboxylic acids is 2. The molecule has 132 valence electrons. The molecule has 0 saturated carbocycles. The van der Waals surface area contributed by atoms with E-state index < -0.39 is 12.2 Å². The Hall–Kier alpha value is -3.17. The monoisotopic (exact) mass is 348 g/mol. The highest BCUT2D eigenvalue weighted by molar-refractivity contribution is 5.89. The summed E-state index contributed by atoms with van der Waals surface area (Å²) in [4.78, 5) is 24.6. The molecule has 3 rings (SSSR count). The van der Waals surface area contributed by atoms with Gasteiger partial charge in [0.2, 0.25) is 11.8 Å². The molecular formula is C20H20N4O2. The normalized spacial score (nSPS) is 20.5. The maximum Gasteiger partial charge on any atom is 0.238 e. The standard InChI is InChI=1S/C20H20N4O2/c1-13(15-9-7-14(12-21)8-10-15)22-20(26)17-11-18(25)24-19(23-17)16-5-3-2-4-6-16/h2-10,13,17,19,23H,11H2,1H3,(H,22,26)(H,24,25). The molecule has 0 spiro atoms. The fraction of sp³-hybridized carbons (Fsp3) is 0.250. The van der Waals surface area contributed by atoms with Gasteiger partial charge in [-0.1, -0.05) is 42.5 Å². The lowest BCUT2D eigenvalue weighted by Gasteiger charge is -2.31. The molecule has 1 fully saturated rings. The fourth-order valence-corrected chi connectivity index (χ4v) is 2.94. The topological polar surface area (TPSA) is 94.0 Å². The fourth-order valence-electron chi connectivity index (χ4n) is 2.94. The molecule has 0 aromatic heterocycles. The lowest BCUT2D eigenvalue weighted by molar-refractivity contribution is -0.132. The van der Waals surface area contributed by atoms with Crippen molar-refractivity contribution >= 4 is 11.8 Å². The van der Waals surface area contributed by atoms with E-state index in [9.17, 15) is 9.59 Å². The summed E-state index contributed by atoms with van der Waals surface area (Å²) in [5, 5.41) is 17.8. The number of nitrogens with zero attached hydrogens (tertiary/aromatic N) is 1. The number of nitriles is 1. The first kappa shape index (κ1) is 17.6. The van der Waals surface area contributed by atoms with E-state index in [1.165, 1.54) is 0 Å². The third-order valence-corrected chi connectivity index (χ3v) is 4.41. The number of rotatable bonds is 4. The van der Waals surface area contributed by atoms with E-state index in [-0.39, 0.29) is 24.3 Å². The average molecular weight is 348 g/mol. The van der Waals surface area contributed by atoms with Crippen molar-refractivity contribution in [2.24, 2.45) is 0 Å². The van der Waals surface area contributed by atoms with Gasteiger partial charge < -0.3 is 10.6 Å². The summed E-state index contributed by atoms with van der Waals surface area (Å²) >= 11 is 0. The summed E-state index contributed by atoms with van der Waals surface area (Å²) in [6.45, 7) is 1.87. The summed E-state index contributed by atoms with van der Waals surface area (Å²) in [6.07, 6.45) is -0.298. The Labute approximate surface area is 152 Å². The molecule has 1 heterocycles. The molecule has 1 aliphatic rings. The van der Waals surface area contributed by atoms with Crippen molar-refractivity contribution in [1.82, 2.24) is 16.0 Å². The minimum atomic E-state index is -0.602. The smallest absolute Gasteiger partial charge is 0.238 e. The van der Waals surface area contributed by atoms with Gasteiger partial charge in [0.05, 0.1) is 30.1 Å². The number of nitrogens with one attached hydrogen (secondary N) is 3. The van der Waals surface area contributed by atoms with Crippen LogP contribution < -0.4 is 16.0 Å². The van der Waals surface area contributed by atoms with Crippen LogP contribution in [0.25, 0.3) is 0 Å². The van der Waals surface area contributed by atoms with Crippen LogP contribution >= 0.6 is 0 Å². The summed E-state index contributed by atoms with van der Waals surface area (Å²) in [7, 11) is 0. The molecule has 1 saturated heterocycles. The summed E-state index contributed by atoms with van der Waals surface area (Å²) in [5.41, 5.74) is 2.37. The number of hydrogen-bond acceptors (Lipinski definition) is 4. The Balaban J connectivity index is 1.66. The largest absolute Gasteiger partial charge is 0.348 e. The minimum absolute atomic E-state index is 0.0925. The first-order valence-electron chi connectivity index (χ1n) is 8.47. The zero-order valence-electron chi connectivity index (χ0n) is 14.4. The molecule has 0 radical (unpaired) electrons. The molecule has 3 unspecified atom stereocenters. The average Bonchev–Trinajstić information content (AvgIpc) is 2.68. The van der Waals surface area contributed by atoms with Crippen LogP contribution in [0.3, 0.4) is 0 Å². The third-order valence-electron chi connectivity index (χ3n) is 4.41. The van der Waals surface area contributed by atoms with Gasteiger partial charge in [0.15, 0.2) is 0 Å². The maximum atomic E-state index is 12.6. The Morgan fingerprint density at radius 2 is 1.88 bits per heavy atom. The van der Waals surface area contributed by atoms with Crippen molar-refractivity contribution in [2.45, 2.75) is 31.6 Å². The highest BCUT2D eigenvalue weighted by Gasteiger charge is 2.31. The van der Waals surface area contributed by atoms with Crippen molar-refractivity contribution in [1.29, 1.82) is 5.26 Å². The van der Waals surface area contributed by atoms with Gasteiger partial charge in [-0.2, -0.15) is 5.26 Å². The van der Waals surface area contributed by atoms with Gasteiger partial charge in [-0.3, -0.25) is 14.9 Å². The van der Waals surface area contributed by atoms with Crippen LogP contribution in [0.15, 0.2) is 54.6 Å². The molecule has 6 nitrogen and oxygen atoms in total. The predicted molar refractivity (Wildman–Crippen MR) is 96.6 cm³/mol. The molecule has 2 aromatic carbocycles. The van der Waals surface area contributed by atoms with E-state index >= 15 is 0 Å². The molecule has 3 atom stereocenters. The quantitative estimate of drug-likeness (QED) is 0.787. The zero-order valence-corrected chi connectivity index (χ0v) is 14.4. The molecule has 1 aliphatic heterocycles. The third kappa shape index (κ3) is 4.08. The minimum Gasteiger partial charge on any atom is -0.348 e. The van der Waals surface area contributed by atoms with Crippen molar-refractivity contribution in [2.75, 3.05) is 0 Å². The molecular weight excluding hydrogens is 328 g/mol. The summed E-state index contributed by atoms with van der Waals surface area (Å²) in [5.74, 6) is -0.388. The number of hydrogen-bond donors (Lipinski definition) is 3. The van der Waals surface area contributed by atoms with Gasteiger partial charge in [0.25, 0.3) is 0 Å². The van der Waals surface area contributed by atoms with Gasteiger partial charge >= 0.3 is 0 Å². The second kappa shape index (κ2) is 7.81. The Morgan fingerprint density at radius 3 is 2.54 bits per heavy atom. The van der Waals surface area contributed by atoms with Crippen LogP contribution in [0.2, 0.25) is 0 Å². The molecule has 0 bridgehead atoms. The van der Waals surface area contributed by atoms with Gasteiger partial charge in [0, 0.05) is 0 Å². The first-order valence-corrected chi connectivity index (χ1v) is 8.47. The summed E-state index contributed by atoms with van der Waals surface area (Å²) in [6, 6.07) is 17.8. The molecule has 0 aliphatic carbocycles. The molecule has 2 amide bonds. The van der Waals surface area contributed by atoms with Gasteiger partial charge in [-0.05, 0) is 30.2 Å². The zero-order chi connectivity index (χ0) is 18.5. The van der Waals surface area contributed by atoms with E-state index in [1.54, 1.807) is 12.1 Å². The van der Waals surface area contributed by atoms with Crippen molar-refractivity contribution < 1.29 is 9.59 Å². The van der Waals surface area contributed by atoms with Crippen LogP contribution in [0.4, 0.5) is 0 Å². The Morgan fingerprint density at radius 1 is 1.19 bits per heavy atom. The van der Waals surface area contributed by atoms with Gasteiger partial charge in [-0.25, -0.2) is 0 Å². The molecule has 6 heteroatoms. The van der Waals surface area contributed by atoms with Crippen LogP contribution in [0.5, 0.6) is 0 Å². The lowest BCUT2D eigenvalue weighted by Crippen LogP contribution is -2.56. The predicted octanol–water partition coefficient (Wildman–Crippen LogP) is 1.91. The van der Waals surface area contributed by atoms with Crippen LogP contribution in [-0.2, 0) is 9.59 Å². The SMILES string of the molecule is CC(NC(=O)C1CC(=O)NC(c2ccccc2)N1)c1ccc(C#N)cc1. The number of amides is 2. The van der Waals surface area contributed by atoms with Gasteiger partial charge in [0.1, 0.15) is 6.17 Å². The van der Waals surface area contributed by atoms with Crippen molar-refractivity contribution in [3.63, 3.8) is 0 Å².